The van der Waals surface area contributed by atoms with Crippen LogP contribution in [0.25, 0.3) is 0 Å². The first-order valence-corrected chi connectivity index (χ1v) is 5.20. The normalized spacial score (nSPS) is 34.9. The monoisotopic (exact) mass is 260 g/mol. The summed E-state index contributed by atoms with van der Waals surface area (Å²) in [4.78, 5) is 12.2. The second kappa shape index (κ2) is 4.65. The summed E-state index contributed by atoms with van der Waals surface area (Å²) in [5.74, 6) is 0. The van der Waals surface area contributed by atoms with E-state index < -0.39 is 49.3 Å². The Morgan fingerprint density at radius 1 is 1.56 bits per heavy atom. The fourth-order valence-corrected chi connectivity index (χ4v) is 1.81. The van der Waals surface area contributed by atoms with E-state index in [1.807, 2.05) is 0 Å². The van der Waals surface area contributed by atoms with Crippen molar-refractivity contribution in [2.24, 2.45) is 6.98 Å². The third-order valence-electron chi connectivity index (χ3n) is 2.84. The van der Waals surface area contributed by atoms with Gasteiger partial charge in [0.1, 0.15) is 23.8 Å². The van der Waals surface area contributed by atoms with Gasteiger partial charge < -0.3 is 20.1 Å². The lowest BCUT2D eigenvalue weighted by Crippen LogP contribution is -2.41. The van der Waals surface area contributed by atoms with E-state index in [4.69, 9.17) is 19.4 Å². The Hall–Kier alpha value is -1.48. The van der Waals surface area contributed by atoms with Crippen LogP contribution in [0.1, 0.15) is 10.3 Å². The minimum atomic E-state index is -2.87. The number of rotatable bonds is 2. The van der Waals surface area contributed by atoms with Crippen LogP contribution in [0.4, 0.5) is 0 Å². The maximum atomic E-state index is 12.2. The Balaban J connectivity index is 2.53. The summed E-state index contributed by atoms with van der Waals surface area (Å²) in [5.41, 5.74) is -1.61. The second-order valence-electron chi connectivity index (χ2n) is 3.96. The first-order chi connectivity index (χ1) is 9.68. The molecule has 4 unspecified atom stereocenters. The molecular formula is C10H15N3O5. The zero-order chi connectivity index (χ0) is 15.9. The molecule has 0 aliphatic carbocycles. The largest absolute Gasteiger partial charge is 0.394 e. The predicted octanol–water partition coefficient (Wildman–Crippen LogP) is -2.72. The van der Waals surface area contributed by atoms with Crippen LogP contribution in [0.2, 0.25) is 0 Å². The van der Waals surface area contributed by atoms with Gasteiger partial charge in [0.05, 0.1) is 6.61 Å². The third kappa shape index (κ3) is 1.89. The quantitative estimate of drug-likeness (QED) is 0.460. The lowest BCUT2D eigenvalue weighted by molar-refractivity contribution is -0.0555. The van der Waals surface area contributed by atoms with Gasteiger partial charge in [-0.15, -0.1) is 0 Å². The molecule has 2 heterocycles. The third-order valence-corrected chi connectivity index (χ3v) is 2.84. The highest BCUT2D eigenvalue weighted by Gasteiger charge is 2.43. The van der Waals surface area contributed by atoms with E-state index in [1.165, 1.54) is 0 Å². The van der Waals surface area contributed by atoms with Crippen LogP contribution >= 0.6 is 0 Å². The fourth-order valence-electron chi connectivity index (χ4n) is 1.81. The van der Waals surface area contributed by atoms with Crippen LogP contribution in [0, 0.1) is 5.41 Å². The minimum absolute atomic E-state index is 0.266. The Morgan fingerprint density at radius 2 is 2.28 bits per heavy atom. The van der Waals surface area contributed by atoms with E-state index >= 15 is 0 Å². The number of aliphatic hydroxyl groups excluding tert-OH is 3. The Labute approximate surface area is 106 Å². The summed E-state index contributed by atoms with van der Waals surface area (Å²) in [6.07, 6.45) is -4.27. The molecule has 100 valence electrons. The number of hydrogen-bond donors (Lipinski definition) is 4. The van der Waals surface area contributed by atoms with Gasteiger partial charge in [-0.3, -0.25) is 14.5 Å². The molecule has 1 aliphatic heterocycles. The smallest absolute Gasteiger partial charge is 0.331 e. The van der Waals surface area contributed by atoms with Crippen LogP contribution in [0.15, 0.2) is 17.1 Å². The SMILES string of the molecule is [2H]C([2H])([2H])n1c(=N)ccn(C2OC(CO)C(O)C2O)c1=O. The number of aromatic nitrogens is 2. The molecule has 4 N–H and O–H groups in total. The number of nitrogens with one attached hydrogen (secondary N) is 1. The molecule has 1 fully saturated rings. The van der Waals surface area contributed by atoms with Crippen LogP contribution in [0.3, 0.4) is 0 Å². The van der Waals surface area contributed by atoms with Crippen molar-refractivity contribution in [3.05, 3.63) is 28.2 Å². The first kappa shape index (κ1) is 9.45. The van der Waals surface area contributed by atoms with Gasteiger partial charge in [0.25, 0.3) is 0 Å². The molecule has 0 bridgehead atoms. The molecule has 18 heavy (non-hydrogen) atoms. The van der Waals surface area contributed by atoms with Gasteiger partial charge in [-0.1, -0.05) is 0 Å². The highest BCUT2D eigenvalue weighted by atomic mass is 16.6. The van der Waals surface area contributed by atoms with Gasteiger partial charge in [0.2, 0.25) is 0 Å². The lowest BCUT2D eigenvalue weighted by atomic mass is 10.1. The van der Waals surface area contributed by atoms with Crippen molar-refractivity contribution >= 4 is 0 Å². The van der Waals surface area contributed by atoms with E-state index in [9.17, 15) is 15.0 Å². The van der Waals surface area contributed by atoms with E-state index in [0.29, 0.717) is 0 Å². The van der Waals surface area contributed by atoms with Gasteiger partial charge in [-0.05, 0) is 6.07 Å². The van der Waals surface area contributed by atoms with Crippen LogP contribution in [0.5, 0.6) is 0 Å². The van der Waals surface area contributed by atoms with E-state index in [0.717, 1.165) is 16.8 Å². The molecule has 8 nitrogen and oxygen atoms in total. The maximum Gasteiger partial charge on any atom is 0.331 e. The Kier molecular flexibility index (Phi) is 2.44. The minimum Gasteiger partial charge on any atom is -0.394 e. The number of aliphatic hydroxyl groups is 3. The zero-order valence-electron chi connectivity index (χ0n) is 12.2. The van der Waals surface area contributed by atoms with Crippen molar-refractivity contribution in [3.63, 3.8) is 0 Å². The number of hydrogen-bond acceptors (Lipinski definition) is 6. The van der Waals surface area contributed by atoms with Gasteiger partial charge in [0, 0.05) is 17.3 Å². The van der Waals surface area contributed by atoms with Crippen molar-refractivity contribution < 1.29 is 24.2 Å². The zero-order valence-corrected chi connectivity index (χ0v) is 9.22. The predicted molar refractivity (Wildman–Crippen MR) is 58.5 cm³/mol. The summed E-state index contributed by atoms with van der Waals surface area (Å²) < 4.78 is 28.0. The lowest BCUT2D eigenvalue weighted by Gasteiger charge is -2.18. The van der Waals surface area contributed by atoms with E-state index in [2.05, 4.69) is 0 Å². The average Bonchev–Trinajstić information content (AvgIpc) is 2.65. The summed E-state index contributed by atoms with van der Waals surface area (Å²) in [6, 6.07) is 1.06. The van der Waals surface area contributed by atoms with Gasteiger partial charge in [-0.25, -0.2) is 4.79 Å². The van der Waals surface area contributed by atoms with Crippen LogP contribution in [-0.4, -0.2) is 49.4 Å². The number of nitrogens with zero attached hydrogens (tertiary/aromatic N) is 2. The summed E-state index contributed by atoms with van der Waals surface area (Å²) >= 11 is 0. The van der Waals surface area contributed by atoms with E-state index in [-0.39, 0.29) is 4.57 Å². The molecule has 1 aromatic rings. The van der Waals surface area contributed by atoms with E-state index in [1.54, 1.807) is 0 Å². The van der Waals surface area contributed by atoms with Crippen molar-refractivity contribution in [3.8, 4) is 0 Å². The van der Waals surface area contributed by atoms with Crippen molar-refractivity contribution in [2.45, 2.75) is 24.5 Å². The molecule has 0 amide bonds. The van der Waals surface area contributed by atoms with Gasteiger partial charge in [0.15, 0.2) is 6.23 Å². The fraction of sp³-hybridized carbons (Fsp3) is 0.600. The molecule has 1 aromatic heterocycles. The molecule has 4 atom stereocenters. The van der Waals surface area contributed by atoms with Crippen LogP contribution < -0.4 is 11.2 Å². The standard InChI is InChI=1S/C10H15N3O5/c1-12-6(11)2-3-13(10(12)17)9-8(16)7(15)5(4-14)18-9/h2-3,5,7-9,11,14-16H,4H2,1H3/i1D3. The summed E-state index contributed by atoms with van der Waals surface area (Å²) in [6.45, 7) is -3.44. The Bertz CT molecular complexity index is 640. The van der Waals surface area contributed by atoms with Crippen molar-refractivity contribution in [1.29, 1.82) is 5.41 Å². The number of ether oxygens (including phenoxy) is 1. The highest BCUT2D eigenvalue weighted by Crippen LogP contribution is 2.27. The molecule has 0 radical (unpaired) electrons. The molecule has 2 rings (SSSR count). The average molecular weight is 260 g/mol. The van der Waals surface area contributed by atoms with Gasteiger partial charge in [-0.2, -0.15) is 0 Å². The summed E-state index contributed by atoms with van der Waals surface area (Å²) in [5, 5.41) is 36.0. The van der Waals surface area contributed by atoms with Crippen molar-refractivity contribution in [2.75, 3.05) is 6.61 Å². The molecule has 0 aromatic carbocycles. The molecule has 0 spiro atoms. The van der Waals surface area contributed by atoms with Crippen LogP contribution in [-0.2, 0) is 11.7 Å². The topological polar surface area (TPSA) is 121 Å². The maximum absolute atomic E-state index is 12.2. The molecule has 8 heteroatoms. The summed E-state index contributed by atoms with van der Waals surface area (Å²) in [7, 11) is 0. The second-order valence-corrected chi connectivity index (χ2v) is 3.96. The van der Waals surface area contributed by atoms with Crippen molar-refractivity contribution in [1.82, 2.24) is 9.13 Å². The van der Waals surface area contributed by atoms with Gasteiger partial charge >= 0.3 is 5.69 Å². The Morgan fingerprint density at radius 3 is 2.83 bits per heavy atom. The molecule has 0 saturated carbocycles. The molecular weight excluding hydrogens is 242 g/mol. The molecule has 1 saturated heterocycles. The molecule has 1 aliphatic rings. The highest BCUT2D eigenvalue weighted by molar-refractivity contribution is 4.93. The first-order valence-electron chi connectivity index (χ1n) is 6.70.